The predicted octanol–water partition coefficient (Wildman–Crippen LogP) is 2.05. The van der Waals surface area contributed by atoms with Gasteiger partial charge in [-0.15, -0.1) is 0 Å². The number of nitrogens with two attached hydrogens (primary N) is 1. The highest BCUT2D eigenvalue weighted by atomic mass is 16.5. The molecule has 0 saturated heterocycles. The van der Waals surface area contributed by atoms with E-state index in [-0.39, 0.29) is 6.04 Å². The lowest BCUT2D eigenvalue weighted by Gasteiger charge is -2.13. The highest BCUT2D eigenvalue weighted by Crippen LogP contribution is 2.12. The van der Waals surface area contributed by atoms with Crippen molar-refractivity contribution < 1.29 is 9.47 Å². The molecule has 2 N–H and O–H groups in total. The van der Waals surface area contributed by atoms with Crippen molar-refractivity contribution in [2.75, 3.05) is 26.4 Å². The minimum Gasteiger partial charge on any atom is -0.379 e. The first-order valence-electron chi connectivity index (χ1n) is 5.71. The second-order valence-corrected chi connectivity index (χ2v) is 3.79. The van der Waals surface area contributed by atoms with Crippen molar-refractivity contribution >= 4 is 0 Å². The van der Waals surface area contributed by atoms with Crippen LogP contribution in [0.1, 0.15) is 24.1 Å². The Labute approximate surface area is 97.6 Å². The van der Waals surface area contributed by atoms with Crippen molar-refractivity contribution in [1.29, 1.82) is 0 Å². The fraction of sp³-hybridized carbons (Fsp3) is 0.538. The fourth-order valence-electron chi connectivity index (χ4n) is 1.47. The molecule has 1 aromatic rings. The number of rotatable bonds is 7. The van der Waals surface area contributed by atoms with Gasteiger partial charge < -0.3 is 15.2 Å². The Bertz CT molecular complexity index is 302. The molecule has 90 valence electrons. The van der Waals surface area contributed by atoms with E-state index in [1.807, 2.05) is 19.1 Å². The van der Waals surface area contributed by atoms with Crippen LogP contribution in [0.4, 0.5) is 0 Å². The molecular formula is C13H21NO2. The van der Waals surface area contributed by atoms with Crippen LogP contribution in [-0.2, 0) is 9.47 Å². The average molecular weight is 223 g/mol. The molecule has 16 heavy (non-hydrogen) atoms. The first-order chi connectivity index (χ1) is 7.74. The van der Waals surface area contributed by atoms with Gasteiger partial charge >= 0.3 is 0 Å². The van der Waals surface area contributed by atoms with Crippen LogP contribution >= 0.6 is 0 Å². The zero-order valence-corrected chi connectivity index (χ0v) is 10.1. The molecule has 3 nitrogen and oxygen atoms in total. The predicted molar refractivity (Wildman–Crippen MR) is 65.4 cm³/mol. The highest BCUT2D eigenvalue weighted by molar-refractivity contribution is 5.24. The summed E-state index contributed by atoms with van der Waals surface area (Å²) in [4.78, 5) is 0. The fourth-order valence-corrected chi connectivity index (χ4v) is 1.47. The van der Waals surface area contributed by atoms with Gasteiger partial charge in [0.05, 0.1) is 25.9 Å². The summed E-state index contributed by atoms with van der Waals surface area (Å²) in [6.45, 7) is 6.54. The number of hydrogen-bond donors (Lipinski definition) is 1. The topological polar surface area (TPSA) is 44.5 Å². The molecule has 1 atom stereocenters. The maximum Gasteiger partial charge on any atom is 0.0701 e. The van der Waals surface area contributed by atoms with E-state index in [1.54, 1.807) is 0 Å². The second kappa shape index (κ2) is 7.39. The Morgan fingerprint density at radius 2 is 2.00 bits per heavy atom. The van der Waals surface area contributed by atoms with Gasteiger partial charge in [-0.1, -0.05) is 29.8 Å². The number of aryl methyl sites for hydroxylation is 1. The Morgan fingerprint density at radius 3 is 2.69 bits per heavy atom. The van der Waals surface area contributed by atoms with Crippen molar-refractivity contribution in [2.24, 2.45) is 5.73 Å². The summed E-state index contributed by atoms with van der Waals surface area (Å²) in [6, 6.07) is 8.15. The smallest absolute Gasteiger partial charge is 0.0701 e. The molecule has 0 spiro atoms. The maximum atomic E-state index is 6.01. The van der Waals surface area contributed by atoms with Gasteiger partial charge in [-0.2, -0.15) is 0 Å². The van der Waals surface area contributed by atoms with E-state index in [1.165, 1.54) is 5.56 Å². The maximum absolute atomic E-state index is 6.01. The summed E-state index contributed by atoms with van der Waals surface area (Å²) in [6.07, 6.45) is 0. The zero-order chi connectivity index (χ0) is 11.8. The molecule has 0 saturated carbocycles. The molecule has 0 aliphatic rings. The van der Waals surface area contributed by atoms with Crippen molar-refractivity contribution in [3.8, 4) is 0 Å². The van der Waals surface area contributed by atoms with Crippen LogP contribution in [0.15, 0.2) is 24.3 Å². The minimum atomic E-state index is -0.0541. The van der Waals surface area contributed by atoms with Crippen LogP contribution in [0, 0.1) is 6.92 Å². The molecule has 3 heteroatoms. The summed E-state index contributed by atoms with van der Waals surface area (Å²) in [5.74, 6) is 0. The van der Waals surface area contributed by atoms with E-state index in [2.05, 4.69) is 19.1 Å². The van der Waals surface area contributed by atoms with Crippen molar-refractivity contribution in [3.63, 3.8) is 0 Å². The molecular weight excluding hydrogens is 202 g/mol. The lowest BCUT2D eigenvalue weighted by molar-refractivity contribution is 0.0473. The van der Waals surface area contributed by atoms with E-state index in [9.17, 15) is 0 Å². The zero-order valence-electron chi connectivity index (χ0n) is 10.1. The minimum absolute atomic E-state index is 0.0541. The van der Waals surface area contributed by atoms with Crippen molar-refractivity contribution in [2.45, 2.75) is 19.9 Å². The van der Waals surface area contributed by atoms with Crippen LogP contribution in [0.3, 0.4) is 0 Å². The van der Waals surface area contributed by atoms with Crippen molar-refractivity contribution in [1.82, 2.24) is 0 Å². The standard InChI is InChI=1S/C13H21NO2/c1-3-15-7-8-16-10-13(14)12-6-4-5-11(2)9-12/h4-6,9,13H,3,7-8,10,14H2,1-2H3. The van der Waals surface area contributed by atoms with Gasteiger partial charge in [0.2, 0.25) is 0 Å². The van der Waals surface area contributed by atoms with Crippen LogP contribution in [0.2, 0.25) is 0 Å². The molecule has 0 aliphatic heterocycles. The van der Waals surface area contributed by atoms with Crippen molar-refractivity contribution in [3.05, 3.63) is 35.4 Å². The lowest BCUT2D eigenvalue weighted by Crippen LogP contribution is -2.18. The van der Waals surface area contributed by atoms with Gasteiger partial charge in [-0.25, -0.2) is 0 Å². The SMILES string of the molecule is CCOCCOCC(N)c1cccc(C)c1. The van der Waals surface area contributed by atoms with Crippen LogP contribution in [0.5, 0.6) is 0 Å². The third-order valence-electron chi connectivity index (χ3n) is 2.34. The summed E-state index contributed by atoms with van der Waals surface area (Å²) in [5.41, 5.74) is 8.36. The third-order valence-corrected chi connectivity index (χ3v) is 2.34. The van der Waals surface area contributed by atoms with E-state index in [0.29, 0.717) is 19.8 Å². The molecule has 1 rings (SSSR count). The number of ether oxygens (including phenoxy) is 2. The molecule has 0 amide bonds. The third kappa shape index (κ3) is 4.75. The Morgan fingerprint density at radius 1 is 1.25 bits per heavy atom. The Hall–Kier alpha value is -0.900. The van der Waals surface area contributed by atoms with Gasteiger partial charge in [0.25, 0.3) is 0 Å². The number of benzene rings is 1. The Balaban J connectivity index is 2.27. The molecule has 0 heterocycles. The first-order valence-corrected chi connectivity index (χ1v) is 5.71. The molecule has 0 bridgehead atoms. The summed E-state index contributed by atoms with van der Waals surface area (Å²) in [7, 11) is 0. The van der Waals surface area contributed by atoms with Gasteiger partial charge in [0.15, 0.2) is 0 Å². The van der Waals surface area contributed by atoms with E-state index in [0.717, 1.165) is 12.2 Å². The van der Waals surface area contributed by atoms with Crippen LogP contribution < -0.4 is 5.73 Å². The van der Waals surface area contributed by atoms with Crippen LogP contribution in [0.25, 0.3) is 0 Å². The normalized spacial score (nSPS) is 12.7. The van der Waals surface area contributed by atoms with Gasteiger partial charge in [0, 0.05) is 6.61 Å². The van der Waals surface area contributed by atoms with Gasteiger partial charge in [-0.3, -0.25) is 0 Å². The molecule has 0 radical (unpaired) electrons. The quantitative estimate of drug-likeness (QED) is 0.719. The average Bonchev–Trinajstić information content (AvgIpc) is 2.28. The molecule has 0 aromatic heterocycles. The molecule has 0 aliphatic carbocycles. The molecule has 1 unspecified atom stereocenters. The lowest BCUT2D eigenvalue weighted by atomic mass is 10.1. The Kier molecular flexibility index (Phi) is 6.08. The van der Waals surface area contributed by atoms with E-state index >= 15 is 0 Å². The summed E-state index contributed by atoms with van der Waals surface area (Å²) >= 11 is 0. The first kappa shape index (κ1) is 13.2. The van der Waals surface area contributed by atoms with E-state index in [4.69, 9.17) is 15.2 Å². The van der Waals surface area contributed by atoms with E-state index < -0.39 is 0 Å². The van der Waals surface area contributed by atoms with Gasteiger partial charge in [0.1, 0.15) is 0 Å². The van der Waals surface area contributed by atoms with Crippen LogP contribution in [-0.4, -0.2) is 26.4 Å². The number of hydrogen-bond acceptors (Lipinski definition) is 3. The molecule has 0 fully saturated rings. The molecule has 1 aromatic carbocycles. The highest BCUT2D eigenvalue weighted by Gasteiger charge is 2.05. The largest absolute Gasteiger partial charge is 0.379 e. The van der Waals surface area contributed by atoms with Gasteiger partial charge in [-0.05, 0) is 19.4 Å². The summed E-state index contributed by atoms with van der Waals surface area (Å²) in [5, 5.41) is 0. The second-order valence-electron chi connectivity index (χ2n) is 3.79. The monoisotopic (exact) mass is 223 g/mol. The summed E-state index contributed by atoms with van der Waals surface area (Å²) < 4.78 is 10.6.